The first-order valence-corrected chi connectivity index (χ1v) is 14.8. The summed E-state index contributed by atoms with van der Waals surface area (Å²) >= 11 is 0. The van der Waals surface area contributed by atoms with Crippen molar-refractivity contribution in [3.63, 3.8) is 0 Å². The first-order chi connectivity index (χ1) is 20.6. The molecule has 3 aromatic rings. The van der Waals surface area contributed by atoms with Crippen LogP contribution < -0.4 is 25.0 Å². The highest BCUT2D eigenvalue weighted by molar-refractivity contribution is 5.61. The van der Waals surface area contributed by atoms with Crippen LogP contribution in [0.25, 0.3) is 0 Å². The van der Waals surface area contributed by atoms with E-state index in [1.54, 1.807) is 7.11 Å². The lowest BCUT2D eigenvalue weighted by Crippen LogP contribution is -2.41. The van der Waals surface area contributed by atoms with Crippen molar-refractivity contribution in [1.29, 1.82) is 0 Å². The smallest absolute Gasteiger partial charge is 0.165 e. The quantitative estimate of drug-likeness (QED) is 0.235. The van der Waals surface area contributed by atoms with E-state index in [1.165, 1.54) is 5.56 Å². The fourth-order valence-corrected chi connectivity index (χ4v) is 5.55. The molecule has 7 nitrogen and oxygen atoms in total. The van der Waals surface area contributed by atoms with Gasteiger partial charge in [0.05, 0.1) is 31.5 Å². The molecule has 0 spiro atoms. The van der Waals surface area contributed by atoms with Crippen molar-refractivity contribution in [1.82, 2.24) is 5.32 Å². The summed E-state index contributed by atoms with van der Waals surface area (Å²) in [5.74, 6) is 0.111. The van der Waals surface area contributed by atoms with Gasteiger partial charge in [0.15, 0.2) is 11.6 Å². The Balaban J connectivity index is 1.11. The summed E-state index contributed by atoms with van der Waals surface area (Å²) in [6.07, 6.45) is 2.72. The number of nitrogens with zero attached hydrogens (tertiary/aromatic N) is 1. The van der Waals surface area contributed by atoms with Crippen LogP contribution in [0.3, 0.4) is 0 Å². The topological polar surface area (TPSA) is 64.2 Å². The second-order valence-electron chi connectivity index (χ2n) is 10.8. The van der Waals surface area contributed by atoms with Gasteiger partial charge in [-0.15, -0.1) is 0 Å². The van der Waals surface area contributed by atoms with Gasteiger partial charge in [-0.05, 0) is 73.3 Å². The van der Waals surface area contributed by atoms with E-state index in [0.717, 1.165) is 86.5 Å². The zero-order valence-electron chi connectivity index (χ0n) is 24.2. The van der Waals surface area contributed by atoms with Crippen LogP contribution in [0.2, 0.25) is 0 Å². The molecule has 0 saturated carbocycles. The molecule has 3 aromatic carbocycles. The molecule has 0 aliphatic carbocycles. The zero-order chi connectivity index (χ0) is 29.1. The molecule has 0 amide bonds. The van der Waals surface area contributed by atoms with Crippen LogP contribution in [0.4, 0.5) is 20.2 Å². The summed E-state index contributed by atoms with van der Waals surface area (Å²) in [5.41, 5.74) is 4.55. The van der Waals surface area contributed by atoms with Crippen molar-refractivity contribution in [3.8, 4) is 11.5 Å². The molecule has 0 bridgehead atoms. The van der Waals surface area contributed by atoms with Gasteiger partial charge in [0.1, 0.15) is 18.2 Å². The van der Waals surface area contributed by atoms with Crippen molar-refractivity contribution < 1.29 is 27.7 Å². The fraction of sp³-hybridized carbons (Fsp3) is 0.455. The van der Waals surface area contributed by atoms with Gasteiger partial charge >= 0.3 is 0 Å². The zero-order valence-corrected chi connectivity index (χ0v) is 24.2. The number of nitrogens with one attached hydrogen (secondary N) is 2. The first kappa shape index (κ1) is 30.1. The second-order valence-corrected chi connectivity index (χ2v) is 10.8. The van der Waals surface area contributed by atoms with Gasteiger partial charge in [-0.3, -0.25) is 0 Å². The van der Waals surface area contributed by atoms with Crippen LogP contribution in [0.5, 0.6) is 11.5 Å². The summed E-state index contributed by atoms with van der Waals surface area (Å²) in [4.78, 5) is 2.37. The second kappa shape index (κ2) is 15.2. The lowest BCUT2D eigenvalue weighted by atomic mass is 9.87. The lowest BCUT2D eigenvalue weighted by Gasteiger charge is -2.33. The van der Waals surface area contributed by atoms with Crippen LogP contribution in [0.1, 0.15) is 36.3 Å². The molecule has 9 heteroatoms. The molecule has 2 heterocycles. The Morgan fingerprint density at radius 2 is 1.90 bits per heavy atom. The van der Waals surface area contributed by atoms with Gasteiger partial charge in [0.25, 0.3) is 0 Å². The van der Waals surface area contributed by atoms with Crippen molar-refractivity contribution in [2.45, 2.75) is 37.9 Å². The third-order valence-corrected chi connectivity index (χ3v) is 7.79. The third-order valence-electron chi connectivity index (χ3n) is 7.79. The largest absolute Gasteiger partial charge is 0.490 e. The molecule has 2 aliphatic rings. The number of ether oxygens (including phenoxy) is 4. The number of piperidine rings is 1. The van der Waals surface area contributed by atoms with Gasteiger partial charge in [0.2, 0.25) is 0 Å². The molecule has 2 N–H and O–H groups in total. The third kappa shape index (κ3) is 8.12. The highest BCUT2D eigenvalue weighted by Gasteiger charge is 2.27. The number of fused-ring (bicyclic) bond motifs is 1. The highest BCUT2D eigenvalue weighted by Crippen LogP contribution is 2.34. The highest BCUT2D eigenvalue weighted by atomic mass is 19.1. The number of anilines is 2. The molecule has 1 fully saturated rings. The normalized spacial score (nSPS) is 18.3. The molecular weight excluding hydrogens is 540 g/mol. The predicted octanol–water partition coefficient (Wildman–Crippen LogP) is 5.74. The molecule has 1 saturated heterocycles. The monoisotopic (exact) mass is 581 g/mol. The molecule has 5 rings (SSSR count). The van der Waals surface area contributed by atoms with Crippen LogP contribution in [-0.2, 0) is 16.1 Å². The number of hydrogen-bond donors (Lipinski definition) is 2. The predicted molar refractivity (Wildman–Crippen MR) is 161 cm³/mol. The Bertz CT molecular complexity index is 1280. The summed E-state index contributed by atoms with van der Waals surface area (Å²) in [5, 5.41) is 6.87. The number of halogens is 2. The van der Waals surface area contributed by atoms with E-state index in [-0.39, 0.29) is 11.9 Å². The Labute approximate surface area is 247 Å². The minimum atomic E-state index is -0.558. The summed E-state index contributed by atoms with van der Waals surface area (Å²) in [6, 6.07) is 18.1. The van der Waals surface area contributed by atoms with Gasteiger partial charge in [0, 0.05) is 51.0 Å². The maximum Gasteiger partial charge on any atom is 0.165 e. The van der Waals surface area contributed by atoms with E-state index >= 15 is 0 Å². The molecule has 2 atom stereocenters. The minimum Gasteiger partial charge on any atom is -0.490 e. The van der Waals surface area contributed by atoms with Crippen molar-refractivity contribution >= 4 is 11.4 Å². The van der Waals surface area contributed by atoms with Crippen LogP contribution in [-0.4, -0.2) is 65.8 Å². The minimum absolute atomic E-state index is 0.0568. The Hall–Kier alpha value is -3.40. The Kier molecular flexibility index (Phi) is 10.9. The van der Waals surface area contributed by atoms with Gasteiger partial charge in [-0.25, -0.2) is 8.78 Å². The Morgan fingerprint density at radius 3 is 2.76 bits per heavy atom. The van der Waals surface area contributed by atoms with Crippen molar-refractivity contribution in [2.75, 3.05) is 69.9 Å². The molecule has 0 unspecified atom stereocenters. The average Bonchev–Trinajstić information content (AvgIpc) is 3.02. The van der Waals surface area contributed by atoms with Gasteiger partial charge in [-0.1, -0.05) is 18.2 Å². The van der Waals surface area contributed by atoms with E-state index in [2.05, 4.69) is 58.0 Å². The molecule has 2 aliphatic heterocycles. The summed E-state index contributed by atoms with van der Waals surface area (Å²) < 4.78 is 50.0. The number of rotatable bonds is 14. The maximum atomic E-state index is 13.7. The molecular formula is C33H41F2N3O4. The number of benzene rings is 3. The Morgan fingerprint density at radius 1 is 1.02 bits per heavy atom. The van der Waals surface area contributed by atoms with Crippen LogP contribution in [0, 0.1) is 11.6 Å². The lowest BCUT2D eigenvalue weighted by molar-refractivity contribution is 0.0106. The SMILES string of the molecule is COCCCN1CCOc2ccc(CO[C@H]3CNCC[C@@H]3c3ccc(NCCCOc4cc(F)ccc4F)cc3)cc21. The van der Waals surface area contributed by atoms with Crippen LogP contribution in [0.15, 0.2) is 60.7 Å². The maximum absolute atomic E-state index is 13.7. The van der Waals surface area contributed by atoms with Crippen molar-refractivity contribution in [3.05, 3.63) is 83.4 Å². The first-order valence-electron chi connectivity index (χ1n) is 14.8. The van der Waals surface area contributed by atoms with Crippen molar-refractivity contribution in [2.24, 2.45) is 0 Å². The van der Waals surface area contributed by atoms with E-state index < -0.39 is 11.6 Å². The van der Waals surface area contributed by atoms with E-state index in [9.17, 15) is 8.78 Å². The standard InChI is InChI=1S/C33H41F2N3O4/c1-39-17-3-15-38-16-19-41-31-11-4-24(20-30(31)38)23-42-33-22-36-14-12-28(33)25-5-8-27(9-6-25)37-13-2-18-40-32-21-26(34)7-10-29(32)35/h4-11,20-21,28,33,36-37H,2-3,12-19,22-23H2,1H3/t28-,33+/m1/s1. The summed E-state index contributed by atoms with van der Waals surface area (Å²) in [7, 11) is 1.74. The molecule has 226 valence electrons. The molecule has 0 aromatic heterocycles. The van der Waals surface area contributed by atoms with Gasteiger partial charge in [-0.2, -0.15) is 0 Å². The number of hydrogen-bond acceptors (Lipinski definition) is 7. The summed E-state index contributed by atoms with van der Waals surface area (Å²) in [6.45, 7) is 6.54. The number of methoxy groups -OCH3 is 1. The van der Waals surface area contributed by atoms with E-state index in [4.69, 9.17) is 18.9 Å². The van der Waals surface area contributed by atoms with E-state index in [0.29, 0.717) is 38.7 Å². The molecule has 0 radical (unpaired) electrons. The molecule has 42 heavy (non-hydrogen) atoms. The average molecular weight is 582 g/mol. The fourth-order valence-electron chi connectivity index (χ4n) is 5.55. The van der Waals surface area contributed by atoms with E-state index in [1.807, 2.05) is 0 Å². The van der Waals surface area contributed by atoms with Crippen LogP contribution >= 0.6 is 0 Å². The van der Waals surface area contributed by atoms with Gasteiger partial charge < -0.3 is 34.5 Å².